The van der Waals surface area contributed by atoms with Gasteiger partial charge in [-0.3, -0.25) is 9.67 Å². The van der Waals surface area contributed by atoms with Crippen LogP contribution in [0.1, 0.15) is 28.9 Å². The molecule has 138 valence electrons. The number of H-pyrrole nitrogens is 1. The molecule has 6 heteroatoms. The van der Waals surface area contributed by atoms with Crippen LogP contribution in [0.4, 0.5) is 0 Å². The van der Waals surface area contributed by atoms with Crippen molar-refractivity contribution >= 4 is 16.9 Å². The molecular weight excluding hydrogens is 324 g/mol. The van der Waals surface area contributed by atoms with E-state index < -0.39 is 0 Å². The summed E-state index contributed by atoms with van der Waals surface area (Å²) in [5, 5.41) is 12.6. The summed E-state index contributed by atoms with van der Waals surface area (Å²) in [4.78, 5) is 7.65. The van der Waals surface area contributed by atoms with Gasteiger partial charge in [0.05, 0.1) is 5.69 Å². The van der Waals surface area contributed by atoms with Gasteiger partial charge < -0.3 is 15.6 Å². The Morgan fingerprint density at radius 2 is 2.04 bits per heavy atom. The molecule has 3 aromatic rings. The highest BCUT2D eigenvalue weighted by atomic mass is 15.3. The number of hydrogen-bond acceptors (Lipinski definition) is 2. The summed E-state index contributed by atoms with van der Waals surface area (Å²) in [6.45, 7) is 5.74. The maximum Gasteiger partial charge on any atom is 0.191 e. The summed E-state index contributed by atoms with van der Waals surface area (Å²) in [7, 11) is 3.78. The first-order valence-electron chi connectivity index (χ1n) is 9.08. The van der Waals surface area contributed by atoms with Crippen molar-refractivity contribution in [3.63, 3.8) is 0 Å². The minimum Gasteiger partial charge on any atom is -0.361 e. The summed E-state index contributed by atoms with van der Waals surface area (Å²) < 4.78 is 1.92. The molecule has 0 aliphatic heterocycles. The topological polar surface area (TPSA) is 70.0 Å². The lowest BCUT2D eigenvalue weighted by Gasteiger charge is -2.12. The van der Waals surface area contributed by atoms with Crippen molar-refractivity contribution in [2.75, 3.05) is 13.6 Å². The Bertz CT molecular complexity index is 902. The fourth-order valence-corrected chi connectivity index (χ4v) is 3.29. The highest BCUT2D eigenvalue weighted by Crippen LogP contribution is 2.18. The lowest BCUT2D eigenvalue weighted by Crippen LogP contribution is -2.37. The van der Waals surface area contributed by atoms with E-state index in [2.05, 4.69) is 63.1 Å². The molecule has 6 nitrogen and oxygen atoms in total. The summed E-state index contributed by atoms with van der Waals surface area (Å²) >= 11 is 0. The quantitative estimate of drug-likeness (QED) is 0.363. The monoisotopic (exact) mass is 352 g/mol. The second kappa shape index (κ2) is 8.08. The molecule has 3 rings (SSSR count). The van der Waals surface area contributed by atoms with Crippen molar-refractivity contribution < 1.29 is 0 Å². The predicted molar refractivity (Wildman–Crippen MR) is 108 cm³/mol. The van der Waals surface area contributed by atoms with Crippen molar-refractivity contribution in [2.45, 2.75) is 33.2 Å². The number of para-hydroxylation sites is 1. The summed E-state index contributed by atoms with van der Waals surface area (Å²) in [5.74, 6) is 0.826. The van der Waals surface area contributed by atoms with E-state index in [4.69, 9.17) is 0 Å². The van der Waals surface area contributed by atoms with Crippen LogP contribution in [0.25, 0.3) is 10.9 Å². The second-order valence-corrected chi connectivity index (χ2v) is 6.59. The number of fused-ring (bicyclic) bond motifs is 1. The molecule has 2 heterocycles. The number of nitrogens with zero attached hydrogens (tertiary/aromatic N) is 3. The molecule has 26 heavy (non-hydrogen) atoms. The van der Waals surface area contributed by atoms with Crippen LogP contribution in [0.3, 0.4) is 0 Å². The molecule has 0 atom stereocenters. The SMILES string of the molecule is CN=C(NCCCc1c[nH]c2ccccc12)NCc1c(C)nn(C)c1C. The van der Waals surface area contributed by atoms with Gasteiger partial charge in [0.25, 0.3) is 0 Å². The number of hydrogen-bond donors (Lipinski definition) is 3. The molecule has 0 saturated carbocycles. The molecule has 1 aromatic carbocycles. The molecule has 0 bridgehead atoms. The van der Waals surface area contributed by atoms with Gasteiger partial charge in [0.15, 0.2) is 5.96 Å². The smallest absolute Gasteiger partial charge is 0.191 e. The van der Waals surface area contributed by atoms with Crippen molar-refractivity contribution in [3.8, 4) is 0 Å². The zero-order valence-electron chi connectivity index (χ0n) is 16.1. The van der Waals surface area contributed by atoms with Crippen molar-refractivity contribution in [2.24, 2.45) is 12.0 Å². The molecular formula is C20H28N6. The maximum absolute atomic E-state index is 4.46. The predicted octanol–water partition coefficient (Wildman–Crippen LogP) is 2.82. The standard InChI is InChI=1S/C20H28N6/c1-14-18(15(2)26(4)25-14)13-24-20(21-3)22-11-7-8-16-12-23-19-10-6-5-9-17(16)19/h5-6,9-10,12,23H,7-8,11,13H2,1-4H3,(H2,21,22,24). The molecule has 3 N–H and O–H groups in total. The largest absolute Gasteiger partial charge is 0.361 e. The minimum absolute atomic E-state index is 0.730. The van der Waals surface area contributed by atoms with Gasteiger partial charge in [0.1, 0.15) is 0 Å². The third-order valence-corrected chi connectivity index (χ3v) is 4.91. The van der Waals surface area contributed by atoms with Gasteiger partial charge in [0.2, 0.25) is 0 Å². The molecule has 0 radical (unpaired) electrons. The first-order chi connectivity index (χ1) is 12.6. The molecule has 0 amide bonds. The average Bonchev–Trinajstić information content (AvgIpc) is 3.16. The van der Waals surface area contributed by atoms with Gasteiger partial charge in [-0.15, -0.1) is 0 Å². The summed E-state index contributed by atoms with van der Waals surface area (Å²) in [6, 6.07) is 8.44. The van der Waals surface area contributed by atoms with Crippen LogP contribution in [0.2, 0.25) is 0 Å². The van der Waals surface area contributed by atoms with Crippen LogP contribution in [0.5, 0.6) is 0 Å². The molecule has 0 aliphatic rings. The lowest BCUT2D eigenvalue weighted by molar-refractivity contribution is 0.726. The van der Waals surface area contributed by atoms with E-state index in [1.165, 1.54) is 27.7 Å². The van der Waals surface area contributed by atoms with Crippen LogP contribution in [-0.4, -0.2) is 34.3 Å². The van der Waals surface area contributed by atoms with Gasteiger partial charge in [-0.2, -0.15) is 5.10 Å². The number of aromatic amines is 1. The maximum atomic E-state index is 4.46. The van der Waals surface area contributed by atoms with E-state index in [9.17, 15) is 0 Å². The summed E-state index contributed by atoms with van der Waals surface area (Å²) in [6.07, 6.45) is 4.20. The van der Waals surface area contributed by atoms with Gasteiger partial charge in [-0.05, 0) is 38.3 Å². The number of nitrogens with one attached hydrogen (secondary N) is 3. The Hall–Kier alpha value is -2.76. The number of aliphatic imine (C=N–C) groups is 1. The van der Waals surface area contributed by atoms with Crippen LogP contribution < -0.4 is 10.6 Å². The molecule has 0 saturated heterocycles. The van der Waals surface area contributed by atoms with E-state index in [0.717, 1.165) is 37.6 Å². The number of aryl methyl sites for hydroxylation is 3. The van der Waals surface area contributed by atoms with Gasteiger partial charge in [-0.1, -0.05) is 18.2 Å². The van der Waals surface area contributed by atoms with E-state index in [0.29, 0.717) is 0 Å². The second-order valence-electron chi connectivity index (χ2n) is 6.59. The molecule has 0 unspecified atom stereocenters. The highest BCUT2D eigenvalue weighted by molar-refractivity contribution is 5.83. The van der Waals surface area contributed by atoms with Crippen LogP contribution in [0, 0.1) is 13.8 Å². The molecule has 0 spiro atoms. The Morgan fingerprint density at radius 3 is 2.77 bits per heavy atom. The first kappa shape index (κ1) is 18.0. The van der Waals surface area contributed by atoms with Crippen LogP contribution in [-0.2, 0) is 20.0 Å². The fourth-order valence-electron chi connectivity index (χ4n) is 3.29. The molecule has 0 aliphatic carbocycles. The first-order valence-corrected chi connectivity index (χ1v) is 9.08. The number of rotatable bonds is 6. The van der Waals surface area contributed by atoms with Crippen LogP contribution in [0.15, 0.2) is 35.5 Å². The van der Waals surface area contributed by atoms with Crippen molar-refractivity contribution in [1.29, 1.82) is 0 Å². The third-order valence-electron chi connectivity index (χ3n) is 4.91. The highest BCUT2D eigenvalue weighted by Gasteiger charge is 2.09. The summed E-state index contributed by atoms with van der Waals surface area (Å²) in [5.41, 5.74) is 6.05. The molecule has 0 fully saturated rings. The normalized spacial score (nSPS) is 11.9. The zero-order valence-corrected chi connectivity index (χ0v) is 16.1. The van der Waals surface area contributed by atoms with E-state index >= 15 is 0 Å². The number of guanidine groups is 1. The lowest BCUT2D eigenvalue weighted by atomic mass is 10.1. The number of aromatic nitrogens is 3. The zero-order chi connectivity index (χ0) is 18.5. The van der Waals surface area contributed by atoms with Crippen molar-refractivity contribution in [3.05, 3.63) is 53.0 Å². The Kier molecular flexibility index (Phi) is 5.61. The Balaban J connectivity index is 1.47. The van der Waals surface area contributed by atoms with Gasteiger partial charge in [-0.25, -0.2) is 0 Å². The number of benzene rings is 1. The third kappa shape index (κ3) is 3.90. The van der Waals surface area contributed by atoms with Gasteiger partial charge >= 0.3 is 0 Å². The average molecular weight is 352 g/mol. The minimum atomic E-state index is 0.730. The fraction of sp³-hybridized carbons (Fsp3) is 0.400. The van der Waals surface area contributed by atoms with Crippen LogP contribution >= 0.6 is 0 Å². The van der Waals surface area contributed by atoms with E-state index in [-0.39, 0.29) is 0 Å². The molecule has 2 aromatic heterocycles. The van der Waals surface area contributed by atoms with E-state index in [1.807, 2.05) is 18.7 Å². The Labute approximate surface area is 154 Å². The Morgan fingerprint density at radius 1 is 1.23 bits per heavy atom. The van der Waals surface area contributed by atoms with E-state index in [1.54, 1.807) is 7.05 Å². The van der Waals surface area contributed by atoms with Crippen molar-refractivity contribution in [1.82, 2.24) is 25.4 Å². The van der Waals surface area contributed by atoms with Gasteiger partial charge in [0, 0.05) is 55.5 Å².